The van der Waals surface area contributed by atoms with Crippen molar-refractivity contribution in [2.45, 2.75) is 32.7 Å². The molecule has 1 atom stereocenters. The number of rotatable bonds is 3. The summed E-state index contributed by atoms with van der Waals surface area (Å²) in [6.45, 7) is 9.68. The molecule has 3 nitrogen and oxygen atoms in total. The van der Waals surface area contributed by atoms with Crippen LogP contribution in [0.1, 0.15) is 28.9 Å². The fourth-order valence-corrected chi connectivity index (χ4v) is 3.51. The Hall–Kier alpha value is -0.450. The van der Waals surface area contributed by atoms with E-state index in [-0.39, 0.29) is 5.54 Å². The highest BCUT2D eigenvalue weighted by Gasteiger charge is 2.40. The first-order chi connectivity index (χ1) is 7.57. The van der Waals surface area contributed by atoms with Crippen LogP contribution in [0.25, 0.3) is 0 Å². The van der Waals surface area contributed by atoms with E-state index in [2.05, 4.69) is 38.0 Å². The van der Waals surface area contributed by atoms with Crippen molar-refractivity contribution >= 4 is 11.3 Å². The zero-order valence-electron chi connectivity index (χ0n) is 10.6. The van der Waals surface area contributed by atoms with Crippen LogP contribution in [-0.2, 0) is 5.54 Å². The summed E-state index contributed by atoms with van der Waals surface area (Å²) in [5.74, 6) is 0. The first-order valence-electron chi connectivity index (χ1n) is 5.95. The molecule has 1 aliphatic rings. The van der Waals surface area contributed by atoms with Gasteiger partial charge in [-0.1, -0.05) is 6.92 Å². The van der Waals surface area contributed by atoms with Crippen molar-refractivity contribution in [1.82, 2.24) is 15.2 Å². The predicted octanol–water partition coefficient (Wildman–Crippen LogP) is 1.90. The second-order valence-corrected chi connectivity index (χ2v) is 5.96. The molecule has 90 valence electrons. The van der Waals surface area contributed by atoms with E-state index >= 15 is 0 Å². The molecular formula is C12H21N3S. The van der Waals surface area contributed by atoms with E-state index in [9.17, 15) is 0 Å². The lowest BCUT2D eigenvalue weighted by Crippen LogP contribution is -2.44. The summed E-state index contributed by atoms with van der Waals surface area (Å²) in [4.78, 5) is 8.48. The van der Waals surface area contributed by atoms with E-state index in [0.717, 1.165) is 19.6 Å². The first kappa shape index (κ1) is 12.0. The third-order valence-corrected chi connectivity index (χ3v) is 4.69. The van der Waals surface area contributed by atoms with E-state index < -0.39 is 0 Å². The van der Waals surface area contributed by atoms with E-state index in [1.54, 1.807) is 0 Å². The molecule has 1 fully saturated rings. The van der Waals surface area contributed by atoms with Crippen LogP contribution >= 0.6 is 11.3 Å². The average Bonchev–Trinajstić information content (AvgIpc) is 2.74. The maximum atomic E-state index is 4.75. The largest absolute Gasteiger partial charge is 0.305 e. The summed E-state index contributed by atoms with van der Waals surface area (Å²) >= 11 is 1.85. The van der Waals surface area contributed by atoms with Gasteiger partial charge < -0.3 is 10.2 Å². The highest BCUT2D eigenvalue weighted by atomic mass is 32.1. The number of likely N-dealkylation sites (N-methyl/N-ethyl adjacent to an activating group) is 2. The van der Waals surface area contributed by atoms with Crippen LogP contribution in [-0.4, -0.2) is 36.6 Å². The zero-order chi connectivity index (χ0) is 11.8. The Bertz CT molecular complexity index is 351. The number of hydrogen-bond donors (Lipinski definition) is 1. The molecule has 1 saturated heterocycles. The van der Waals surface area contributed by atoms with Crippen LogP contribution in [0.3, 0.4) is 0 Å². The third-order valence-electron chi connectivity index (χ3n) is 3.41. The summed E-state index contributed by atoms with van der Waals surface area (Å²) in [7, 11) is 2.19. The summed E-state index contributed by atoms with van der Waals surface area (Å²) in [5, 5.41) is 4.92. The minimum Gasteiger partial charge on any atom is -0.305 e. The van der Waals surface area contributed by atoms with Crippen LogP contribution in [0.15, 0.2) is 0 Å². The molecule has 0 aromatic carbocycles. The Morgan fingerprint density at radius 1 is 1.50 bits per heavy atom. The molecule has 0 amide bonds. The molecule has 2 rings (SSSR count). The van der Waals surface area contributed by atoms with Crippen molar-refractivity contribution < 1.29 is 0 Å². The van der Waals surface area contributed by atoms with E-state index in [4.69, 9.17) is 4.98 Å². The van der Waals surface area contributed by atoms with Crippen molar-refractivity contribution in [2.24, 2.45) is 0 Å². The molecule has 16 heavy (non-hydrogen) atoms. The lowest BCUT2D eigenvalue weighted by atomic mass is 9.99. The number of nitrogens with one attached hydrogen (secondary N) is 1. The van der Waals surface area contributed by atoms with Gasteiger partial charge in [0.1, 0.15) is 5.01 Å². The standard InChI is InChI=1S/C12H21N3S/c1-5-13-12(6-7-15(4)8-12)11-14-9(2)10(3)16-11/h13H,5-8H2,1-4H3. The van der Waals surface area contributed by atoms with Crippen molar-refractivity contribution in [3.05, 3.63) is 15.6 Å². The second-order valence-electron chi connectivity index (χ2n) is 4.76. The van der Waals surface area contributed by atoms with E-state index in [1.807, 2.05) is 11.3 Å². The van der Waals surface area contributed by atoms with Gasteiger partial charge >= 0.3 is 0 Å². The monoisotopic (exact) mass is 239 g/mol. The molecule has 0 bridgehead atoms. The Morgan fingerprint density at radius 2 is 2.25 bits per heavy atom. The number of hydrogen-bond acceptors (Lipinski definition) is 4. The fourth-order valence-electron chi connectivity index (χ4n) is 2.41. The predicted molar refractivity (Wildman–Crippen MR) is 69.1 cm³/mol. The van der Waals surface area contributed by atoms with E-state index in [1.165, 1.54) is 22.0 Å². The van der Waals surface area contributed by atoms with Crippen LogP contribution in [0.2, 0.25) is 0 Å². The van der Waals surface area contributed by atoms with E-state index in [0.29, 0.717) is 0 Å². The molecule has 1 aromatic heterocycles. The number of thiazole rings is 1. The summed E-state index contributed by atoms with van der Waals surface area (Å²) in [5.41, 5.74) is 1.29. The van der Waals surface area contributed by atoms with Crippen molar-refractivity contribution in [1.29, 1.82) is 0 Å². The van der Waals surface area contributed by atoms with Gasteiger partial charge in [0.2, 0.25) is 0 Å². The molecule has 1 aliphatic heterocycles. The van der Waals surface area contributed by atoms with Crippen LogP contribution in [0.5, 0.6) is 0 Å². The number of aromatic nitrogens is 1. The second kappa shape index (κ2) is 4.43. The lowest BCUT2D eigenvalue weighted by molar-refractivity contribution is 0.320. The maximum absolute atomic E-state index is 4.75. The summed E-state index contributed by atoms with van der Waals surface area (Å²) in [6, 6.07) is 0. The van der Waals surface area contributed by atoms with Gasteiger partial charge in [-0.25, -0.2) is 4.98 Å². The van der Waals surface area contributed by atoms with Gasteiger partial charge in [-0.3, -0.25) is 0 Å². The fraction of sp³-hybridized carbons (Fsp3) is 0.750. The Balaban J connectivity index is 2.32. The summed E-state index contributed by atoms with van der Waals surface area (Å²) in [6.07, 6.45) is 1.17. The molecule has 0 saturated carbocycles. The van der Waals surface area contributed by atoms with Crippen molar-refractivity contribution in [3.63, 3.8) is 0 Å². The molecule has 0 aliphatic carbocycles. The Morgan fingerprint density at radius 3 is 2.69 bits per heavy atom. The maximum Gasteiger partial charge on any atom is 0.115 e. The number of aryl methyl sites for hydroxylation is 2. The van der Waals surface area contributed by atoms with Gasteiger partial charge in [-0.15, -0.1) is 11.3 Å². The third kappa shape index (κ3) is 2.01. The number of nitrogens with zero attached hydrogens (tertiary/aromatic N) is 2. The zero-order valence-corrected chi connectivity index (χ0v) is 11.4. The topological polar surface area (TPSA) is 28.2 Å². The summed E-state index contributed by atoms with van der Waals surface area (Å²) < 4.78 is 0. The van der Waals surface area contributed by atoms with Gasteiger partial charge in [-0.05, 0) is 33.9 Å². The van der Waals surface area contributed by atoms with Crippen molar-refractivity contribution in [3.8, 4) is 0 Å². The molecule has 1 unspecified atom stereocenters. The molecule has 4 heteroatoms. The normalized spacial score (nSPS) is 26.5. The highest BCUT2D eigenvalue weighted by Crippen LogP contribution is 2.34. The molecule has 1 aromatic rings. The smallest absolute Gasteiger partial charge is 0.115 e. The van der Waals surface area contributed by atoms with Gasteiger partial charge in [0, 0.05) is 18.0 Å². The van der Waals surface area contributed by atoms with Gasteiger partial charge in [-0.2, -0.15) is 0 Å². The molecular weight excluding hydrogens is 218 g/mol. The average molecular weight is 239 g/mol. The van der Waals surface area contributed by atoms with Gasteiger partial charge in [0.15, 0.2) is 0 Å². The highest BCUT2D eigenvalue weighted by molar-refractivity contribution is 7.11. The molecule has 1 N–H and O–H groups in total. The Kier molecular flexibility index (Phi) is 3.33. The molecule has 2 heterocycles. The molecule has 0 radical (unpaired) electrons. The van der Waals surface area contributed by atoms with Crippen LogP contribution in [0, 0.1) is 13.8 Å². The molecule has 0 spiro atoms. The number of likely N-dealkylation sites (tertiary alicyclic amines) is 1. The lowest BCUT2D eigenvalue weighted by Gasteiger charge is -2.27. The quantitative estimate of drug-likeness (QED) is 0.873. The van der Waals surface area contributed by atoms with Crippen LogP contribution < -0.4 is 5.32 Å². The minimum atomic E-state index is 0.104. The Labute approximate surface area is 102 Å². The van der Waals surface area contributed by atoms with Crippen LogP contribution in [0.4, 0.5) is 0 Å². The first-order valence-corrected chi connectivity index (χ1v) is 6.77. The minimum absolute atomic E-state index is 0.104. The van der Waals surface area contributed by atoms with Gasteiger partial charge in [0.25, 0.3) is 0 Å². The SMILES string of the molecule is CCNC1(c2nc(C)c(C)s2)CCN(C)C1. The van der Waals surface area contributed by atoms with Crippen molar-refractivity contribution in [2.75, 3.05) is 26.7 Å². The van der Waals surface area contributed by atoms with Gasteiger partial charge in [0.05, 0.1) is 11.2 Å².